The smallest absolute Gasteiger partial charge is 0.320 e. The number of aryl methyl sites for hydroxylation is 1. The van der Waals surface area contributed by atoms with Crippen LogP contribution in [0.5, 0.6) is 0 Å². The maximum atomic E-state index is 10.8. The number of rotatable bonds is 4. The van der Waals surface area contributed by atoms with Crippen LogP contribution in [0.4, 0.5) is 0 Å². The minimum absolute atomic E-state index is 0.510. The summed E-state index contributed by atoms with van der Waals surface area (Å²) < 4.78 is 0.944. The Bertz CT molecular complexity index is 396. The highest BCUT2D eigenvalue weighted by Crippen LogP contribution is 2.20. The van der Waals surface area contributed by atoms with Gasteiger partial charge in [0.1, 0.15) is 6.04 Å². The van der Waals surface area contributed by atoms with Crippen LogP contribution in [0.25, 0.3) is 0 Å². The molecule has 0 aliphatic rings. The molecule has 5 heteroatoms. The lowest BCUT2D eigenvalue weighted by Gasteiger charge is -2.21. The van der Waals surface area contributed by atoms with Crippen LogP contribution in [0.2, 0.25) is 0 Å². The van der Waals surface area contributed by atoms with E-state index >= 15 is 0 Å². The molecule has 0 saturated carbocycles. The Morgan fingerprint density at radius 2 is 2.31 bits per heavy atom. The fourth-order valence-corrected chi connectivity index (χ4v) is 1.63. The van der Waals surface area contributed by atoms with Crippen molar-refractivity contribution < 1.29 is 9.90 Å². The molecule has 1 aromatic heterocycles. The van der Waals surface area contributed by atoms with Crippen LogP contribution < -0.4 is 0 Å². The second kappa shape index (κ2) is 5.41. The van der Waals surface area contributed by atoms with Crippen molar-refractivity contribution in [2.75, 3.05) is 7.05 Å². The lowest BCUT2D eigenvalue weighted by Crippen LogP contribution is -2.35. The van der Waals surface area contributed by atoms with Gasteiger partial charge in [0.2, 0.25) is 0 Å². The summed E-state index contributed by atoms with van der Waals surface area (Å²) in [5.74, 6) is -0.828. The topological polar surface area (TPSA) is 53.4 Å². The Labute approximate surface area is 103 Å². The van der Waals surface area contributed by atoms with E-state index in [-0.39, 0.29) is 0 Å². The van der Waals surface area contributed by atoms with E-state index in [1.807, 2.05) is 13.0 Å². The summed E-state index contributed by atoms with van der Waals surface area (Å²) in [6.07, 6.45) is 1.73. The first-order valence-electron chi connectivity index (χ1n) is 4.96. The molecule has 0 fully saturated rings. The summed E-state index contributed by atoms with van der Waals surface area (Å²) in [4.78, 5) is 16.8. The van der Waals surface area contributed by atoms with Crippen LogP contribution in [0.3, 0.4) is 0 Å². The predicted molar refractivity (Wildman–Crippen MR) is 65.2 cm³/mol. The summed E-state index contributed by atoms with van der Waals surface area (Å²) in [7, 11) is 1.77. The molecular weight excluding hydrogens is 272 g/mol. The molecule has 0 bridgehead atoms. The van der Waals surface area contributed by atoms with Gasteiger partial charge in [0.25, 0.3) is 0 Å². The Kier molecular flexibility index (Phi) is 4.44. The van der Waals surface area contributed by atoms with E-state index in [4.69, 9.17) is 5.11 Å². The van der Waals surface area contributed by atoms with Gasteiger partial charge in [0.15, 0.2) is 0 Å². The van der Waals surface area contributed by atoms with Gasteiger partial charge in [0, 0.05) is 17.2 Å². The average molecular weight is 287 g/mol. The van der Waals surface area contributed by atoms with Crippen molar-refractivity contribution in [2.24, 2.45) is 0 Å². The maximum Gasteiger partial charge on any atom is 0.320 e. The number of pyridine rings is 1. The molecule has 0 spiro atoms. The molecule has 88 valence electrons. The fourth-order valence-electron chi connectivity index (χ4n) is 1.27. The van der Waals surface area contributed by atoms with Crippen molar-refractivity contribution in [3.63, 3.8) is 0 Å². The van der Waals surface area contributed by atoms with E-state index in [1.54, 1.807) is 25.1 Å². The third kappa shape index (κ3) is 3.02. The number of likely N-dealkylation sites (N-methyl/N-ethyl adjacent to an activating group) is 1. The van der Waals surface area contributed by atoms with Gasteiger partial charge in [-0.3, -0.25) is 14.7 Å². The molecule has 16 heavy (non-hydrogen) atoms. The highest BCUT2D eigenvalue weighted by atomic mass is 79.9. The molecule has 0 saturated heterocycles. The molecular formula is C11H15BrN2O2. The third-order valence-corrected chi connectivity index (χ3v) is 3.66. The summed E-state index contributed by atoms with van der Waals surface area (Å²) in [5, 5.41) is 8.88. The molecule has 1 atom stereocenters. The number of carbonyl (C=O) groups is 1. The quantitative estimate of drug-likeness (QED) is 0.921. The van der Waals surface area contributed by atoms with Crippen molar-refractivity contribution in [1.29, 1.82) is 0 Å². The SMILES string of the molecule is Cc1ccnc(CN(C)[C@H](C)C(=O)O)c1Br. The van der Waals surface area contributed by atoms with Gasteiger partial charge >= 0.3 is 5.97 Å². The van der Waals surface area contributed by atoms with Gasteiger partial charge in [-0.25, -0.2) is 0 Å². The molecule has 0 aliphatic heterocycles. The van der Waals surface area contributed by atoms with E-state index < -0.39 is 12.0 Å². The molecule has 0 unspecified atom stereocenters. The Morgan fingerprint density at radius 1 is 1.69 bits per heavy atom. The standard InChI is InChI=1S/C11H15BrN2O2/c1-7-4-5-13-9(10(7)12)6-14(3)8(2)11(15)16/h4-5,8H,6H2,1-3H3,(H,15,16)/t8-/m1/s1. The van der Waals surface area contributed by atoms with Crippen molar-refractivity contribution in [3.05, 3.63) is 28.0 Å². The molecule has 0 aromatic carbocycles. The molecule has 1 aromatic rings. The van der Waals surface area contributed by atoms with Crippen molar-refractivity contribution in [3.8, 4) is 0 Å². The normalized spacial score (nSPS) is 12.8. The Hall–Kier alpha value is -0.940. The van der Waals surface area contributed by atoms with Gasteiger partial charge in [0.05, 0.1) is 5.69 Å². The number of aliphatic carboxylic acids is 1. The summed E-state index contributed by atoms with van der Waals surface area (Å²) in [5.41, 5.74) is 1.96. The number of halogens is 1. The molecule has 4 nitrogen and oxygen atoms in total. The minimum Gasteiger partial charge on any atom is -0.480 e. The van der Waals surface area contributed by atoms with Crippen LogP contribution in [0, 0.1) is 6.92 Å². The first kappa shape index (κ1) is 13.1. The van der Waals surface area contributed by atoms with Crippen LogP contribution in [0.15, 0.2) is 16.7 Å². The zero-order chi connectivity index (χ0) is 12.3. The van der Waals surface area contributed by atoms with Gasteiger partial charge < -0.3 is 5.11 Å². The largest absolute Gasteiger partial charge is 0.480 e. The monoisotopic (exact) mass is 286 g/mol. The number of carboxylic acid groups (broad SMARTS) is 1. The number of hydrogen-bond donors (Lipinski definition) is 1. The van der Waals surface area contributed by atoms with E-state index in [9.17, 15) is 4.79 Å². The third-order valence-electron chi connectivity index (χ3n) is 2.57. The van der Waals surface area contributed by atoms with Gasteiger partial charge in [-0.05, 0) is 48.5 Å². The lowest BCUT2D eigenvalue weighted by atomic mass is 10.2. The highest BCUT2D eigenvalue weighted by molar-refractivity contribution is 9.10. The summed E-state index contributed by atoms with van der Waals surface area (Å²) in [6.45, 7) is 4.15. The molecule has 0 amide bonds. The Balaban J connectivity index is 2.81. The number of aromatic nitrogens is 1. The minimum atomic E-state index is -0.828. The van der Waals surface area contributed by atoms with Crippen LogP contribution in [-0.4, -0.2) is 34.0 Å². The molecule has 0 aliphatic carbocycles. The Morgan fingerprint density at radius 3 is 2.88 bits per heavy atom. The van der Waals surface area contributed by atoms with Gasteiger partial charge in [-0.15, -0.1) is 0 Å². The number of nitrogens with zero attached hydrogens (tertiary/aromatic N) is 2. The second-order valence-corrected chi connectivity index (χ2v) is 4.61. The van der Waals surface area contributed by atoms with Gasteiger partial charge in [-0.1, -0.05) is 0 Å². The van der Waals surface area contributed by atoms with E-state index in [1.165, 1.54) is 0 Å². The highest BCUT2D eigenvalue weighted by Gasteiger charge is 2.18. The maximum absolute atomic E-state index is 10.8. The lowest BCUT2D eigenvalue weighted by molar-refractivity contribution is -0.142. The fraction of sp³-hybridized carbons (Fsp3) is 0.455. The zero-order valence-corrected chi connectivity index (χ0v) is 11.2. The van der Waals surface area contributed by atoms with E-state index in [0.29, 0.717) is 6.54 Å². The number of carboxylic acids is 1. The van der Waals surface area contributed by atoms with Crippen LogP contribution in [-0.2, 0) is 11.3 Å². The summed E-state index contributed by atoms with van der Waals surface area (Å²) in [6, 6.07) is 1.39. The average Bonchev–Trinajstić information content (AvgIpc) is 2.23. The zero-order valence-electron chi connectivity index (χ0n) is 9.57. The van der Waals surface area contributed by atoms with E-state index in [0.717, 1.165) is 15.7 Å². The van der Waals surface area contributed by atoms with Crippen LogP contribution >= 0.6 is 15.9 Å². The van der Waals surface area contributed by atoms with Crippen molar-refractivity contribution in [1.82, 2.24) is 9.88 Å². The van der Waals surface area contributed by atoms with E-state index in [2.05, 4.69) is 20.9 Å². The molecule has 0 radical (unpaired) electrons. The summed E-state index contributed by atoms with van der Waals surface area (Å²) >= 11 is 3.46. The van der Waals surface area contributed by atoms with Crippen LogP contribution in [0.1, 0.15) is 18.2 Å². The van der Waals surface area contributed by atoms with Crippen molar-refractivity contribution in [2.45, 2.75) is 26.4 Å². The van der Waals surface area contributed by atoms with Gasteiger partial charge in [-0.2, -0.15) is 0 Å². The molecule has 1 heterocycles. The number of hydrogen-bond acceptors (Lipinski definition) is 3. The van der Waals surface area contributed by atoms with Crippen molar-refractivity contribution >= 4 is 21.9 Å². The predicted octanol–water partition coefficient (Wildman–Crippen LogP) is 2.06. The molecule has 1 N–H and O–H groups in total. The first-order valence-corrected chi connectivity index (χ1v) is 5.75. The molecule has 1 rings (SSSR count). The second-order valence-electron chi connectivity index (χ2n) is 3.82. The first-order chi connectivity index (χ1) is 7.43.